The smallest absolute Gasteiger partial charge is 0.315 e. The molecule has 2 aromatic rings. The summed E-state index contributed by atoms with van der Waals surface area (Å²) in [5.41, 5.74) is 0.121. The van der Waals surface area contributed by atoms with Gasteiger partial charge in [0.25, 0.3) is 0 Å². The van der Waals surface area contributed by atoms with Gasteiger partial charge >= 0.3 is 6.03 Å². The third-order valence-electron chi connectivity index (χ3n) is 3.91. The fourth-order valence-electron chi connectivity index (χ4n) is 2.48. The first-order valence-corrected chi connectivity index (χ1v) is 7.84. The summed E-state index contributed by atoms with van der Waals surface area (Å²) in [5, 5.41) is 16.7. The van der Waals surface area contributed by atoms with E-state index in [9.17, 15) is 13.6 Å². The second-order valence-corrected chi connectivity index (χ2v) is 5.72. The minimum absolute atomic E-state index is 0.121. The predicted molar refractivity (Wildman–Crippen MR) is 80.8 cm³/mol. The second kappa shape index (κ2) is 6.90. The standard InChI is InChI=1S/C15H18F2N6O/c1-2-13(11-7-9(16)3-6-12(11)17)19-15(24)18-8-14-20-21-22-23(14)10-4-5-10/h3,6-7,10,13H,2,4-5,8H2,1H3,(H2,18,19,24). The van der Waals surface area contributed by atoms with E-state index in [0.29, 0.717) is 18.3 Å². The predicted octanol–water partition coefficient (Wildman–Crippen LogP) is 2.24. The van der Waals surface area contributed by atoms with Crippen LogP contribution in [0.2, 0.25) is 0 Å². The number of tetrazole rings is 1. The molecule has 1 unspecified atom stereocenters. The van der Waals surface area contributed by atoms with E-state index in [0.717, 1.165) is 31.0 Å². The zero-order chi connectivity index (χ0) is 17.1. The summed E-state index contributed by atoms with van der Waals surface area (Å²) in [6.07, 6.45) is 2.48. The number of amides is 2. The maximum absolute atomic E-state index is 13.8. The lowest BCUT2D eigenvalue weighted by Crippen LogP contribution is -2.38. The molecule has 1 aliphatic carbocycles. The van der Waals surface area contributed by atoms with Gasteiger partial charge in [0.15, 0.2) is 5.82 Å². The van der Waals surface area contributed by atoms with Crippen molar-refractivity contribution in [1.82, 2.24) is 30.8 Å². The lowest BCUT2D eigenvalue weighted by Gasteiger charge is -2.18. The first-order chi connectivity index (χ1) is 11.6. The number of halogens is 2. The van der Waals surface area contributed by atoms with Crippen molar-refractivity contribution >= 4 is 6.03 Å². The topological polar surface area (TPSA) is 84.7 Å². The fourth-order valence-corrected chi connectivity index (χ4v) is 2.48. The van der Waals surface area contributed by atoms with Crippen LogP contribution < -0.4 is 10.6 Å². The molecule has 1 saturated carbocycles. The Morgan fingerprint density at radius 2 is 2.21 bits per heavy atom. The number of hydrogen-bond donors (Lipinski definition) is 2. The molecule has 2 N–H and O–H groups in total. The van der Waals surface area contributed by atoms with Gasteiger partial charge in [-0.05, 0) is 47.9 Å². The Morgan fingerprint density at radius 3 is 2.92 bits per heavy atom. The third-order valence-corrected chi connectivity index (χ3v) is 3.91. The van der Waals surface area contributed by atoms with Crippen molar-refractivity contribution in [2.24, 2.45) is 0 Å². The highest BCUT2D eigenvalue weighted by Gasteiger charge is 2.27. The van der Waals surface area contributed by atoms with E-state index in [2.05, 4.69) is 26.2 Å². The zero-order valence-electron chi connectivity index (χ0n) is 13.2. The summed E-state index contributed by atoms with van der Waals surface area (Å²) in [7, 11) is 0. The van der Waals surface area contributed by atoms with Crippen molar-refractivity contribution in [3.8, 4) is 0 Å². The van der Waals surface area contributed by atoms with Crippen LogP contribution in [0.15, 0.2) is 18.2 Å². The molecular weight excluding hydrogens is 318 g/mol. The van der Waals surface area contributed by atoms with E-state index in [4.69, 9.17) is 0 Å². The van der Waals surface area contributed by atoms with Gasteiger partial charge in [0, 0.05) is 5.56 Å². The molecule has 0 saturated heterocycles. The van der Waals surface area contributed by atoms with Gasteiger partial charge in [-0.15, -0.1) is 5.10 Å². The van der Waals surface area contributed by atoms with Crippen molar-refractivity contribution in [1.29, 1.82) is 0 Å². The Labute approximate surface area is 137 Å². The highest BCUT2D eigenvalue weighted by molar-refractivity contribution is 5.74. The molecule has 3 rings (SSSR count). The van der Waals surface area contributed by atoms with Gasteiger partial charge in [0.1, 0.15) is 11.6 Å². The fraction of sp³-hybridized carbons (Fsp3) is 0.467. The van der Waals surface area contributed by atoms with Gasteiger partial charge in [-0.1, -0.05) is 6.92 Å². The van der Waals surface area contributed by atoms with Crippen LogP contribution in [0, 0.1) is 11.6 Å². The number of urea groups is 1. The van der Waals surface area contributed by atoms with Gasteiger partial charge in [-0.3, -0.25) is 0 Å². The molecule has 1 fully saturated rings. The van der Waals surface area contributed by atoms with Crippen molar-refractivity contribution < 1.29 is 13.6 Å². The average molecular weight is 336 g/mol. The maximum Gasteiger partial charge on any atom is 0.315 e. The molecule has 7 nitrogen and oxygen atoms in total. The Hall–Kier alpha value is -2.58. The van der Waals surface area contributed by atoms with Gasteiger partial charge in [-0.2, -0.15) is 0 Å². The van der Waals surface area contributed by atoms with Crippen LogP contribution in [0.1, 0.15) is 49.7 Å². The van der Waals surface area contributed by atoms with Crippen LogP contribution in [0.3, 0.4) is 0 Å². The summed E-state index contributed by atoms with van der Waals surface area (Å²) in [5.74, 6) is -0.533. The summed E-state index contributed by atoms with van der Waals surface area (Å²) in [6, 6.07) is 2.39. The van der Waals surface area contributed by atoms with Crippen molar-refractivity contribution in [3.63, 3.8) is 0 Å². The molecule has 0 radical (unpaired) electrons. The maximum atomic E-state index is 13.8. The monoisotopic (exact) mass is 336 g/mol. The van der Waals surface area contributed by atoms with Crippen molar-refractivity contribution in [3.05, 3.63) is 41.2 Å². The average Bonchev–Trinajstić information content (AvgIpc) is 3.31. The van der Waals surface area contributed by atoms with Gasteiger partial charge in [-0.25, -0.2) is 18.3 Å². The number of nitrogens with one attached hydrogen (secondary N) is 2. The summed E-state index contributed by atoms with van der Waals surface area (Å²) < 4.78 is 28.9. The molecule has 24 heavy (non-hydrogen) atoms. The van der Waals surface area contributed by atoms with E-state index < -0.39 is 23.7 Å². The van der Waals surface area contributed by atoms with Crippen LogP contribution in [0.25, 0.3) is 0 Å². The van der Waals surface area contributed by atoms with Crippen molar-refractivity contribution in [2.75, 3.05) is 0 Å². The molecule has 0 aliphatic heterocycles. The van der Waals surface area contributed by atoms with Gasteiger partial charge in [0.2, 0.25) is 0 Å². The highest BCUT2D eigenvalue weighted by Crippen LogP contribution is 2.34. The second-order valence-electron chi connectivity index (χ2n) is 5.72. The molecule has 2 amide bonds. The normalized spacial score (nSPS) is 15.1. The third kappa shape index (κ3) is 3.66. The molecule has 0 spiro atoms. The molecule has 1 aromatic heterocycles. The van der Waals surface area contributed by atoms with Crippen LogP contribution in [0.4, 0.5) is 13.6 Å². The minimum atomic E-state index is -0.625. The molecule has 128 valence electrons. The number of nitrogens with zero attached hydrogens (tertiary/aromatic N) is 4. The SMILES string of the molecule is CCC(NC(=O)NCc1nnnn1C1CC1)c1cc(F)ccc1F. The largest absolute Gasteiger partial charge is 0.331 e. The Morgan fingerprint density at radius 1 is 1.42 bits per heavy atom. The molecule has 9 heteroatoms. The lowest BCUT2D eigenvalue weighted by molar-refractivity contribution is 0.235. The van der Waals surface area contributed by atoms with Crippen molar-refractivity contribution in [2.45, 2.75) is 44.8 Å². The lowest BCUT2D eigenvalue weighted by atomic mass is 10.0. The summed E-state index contributed by atoms with van der Waals surface area (Å²) in [4.78, 5) is 12.1. The molecular formula is C15H18F2N6O. The molecule has 0 bridgehead atoms. The molecule has 1 atom stereocenters. The minimum Gasteiger partial charge on any atom is -0.331 e. The summed E-state index contributed by atoms with van der Waals surface area (Å²) in [6.45, 7) is 1.94. The zero-order valence-corrected chi connectivity index (χ0v) is 13.2. The van der Waals surface area contributed by atoms with E-state index in [1.807, 2.05) is 0 Å². The highest BCUT2D eigenvalue weighted by atomic mass is 19.1. The summed E-state index contributed by atoms with van der Waals surface area (Å²) >= 11 is 0. The molecule has 1 heterocycles. The first kappa shape index (κ1) is 16.3. The number of benzene rings is 1. The van der Waals surface area contributed by atoms with Gasteiger partial charge < -0.3 is 10.6 Å². The molecule has 1 aromatic carbocycles. The van der Waals surface area contributed by atoms with E-state index in [-0.39, 0.29) is 12.1 Å². The van der Waals surface area contributed by atoms with E-state index >= 15 is 0 Å². The number of aromatic nitrogens is 4. The van der Waals surface area contributed by atoms with Crippen LogP contribution >= 0.6 is 0 Å². The van der Waals surface area contributed by atoms with Crippen LogP contribution in [0.5, 0.6) is 0 Å². The number of carbonyl (C=O) groups is 1. The number of hydrogen-bond acceptors (Lipinski definition) is 4. The van der Waals surface area contributed by atoms with Gasteiger partial charge in [0.05, 0.1) is 18.6 Å². The Balaban J connectivity index is 1.60. The molecule has 1 aliphatic rings. The first-order valence-electron chi connectivity index (χ1n) is 7.84. The number of rotatable bonds is 6. The Kier molecular flexibility index (Phi) is 4.68. The van der Waals surface area contributed by atoms with Crippen LogP contribution in [-0.2, 0) is 6.54 Å². The van der Waals surface area contributed by atoms with E-state index in [1.54, 1.807) is 11.6 Å². The van der Waals surface area contributed by atoms with E-state index in [1.165, 1.54) is 0 Å². The Bertz CT molecular complexity index is 731. The number of carbonyl (C=O) groups excluding carboxylic acids is 1. The quantitative estimate of drug-likeness (QED) is 0.847. The van der Waals surface area contributed by atoms with Crippen LogP contribution in [-0.4, -0.2) is 26.2 Å².